The molecular weight excluding hydrogens is 502 g/mol. The monoisotopic (exact) mass is 535 g/mol. The minimum Gasteiger partial charge on any atom is -0.391 e. The summed E-state index contributed by atoms with van der Waals surface area (Å²) in [6.07, 6.45) is 3.05. The summed E-state index contributed by atoms with van der Waals surface area (Å²) in [7, 11) is -3.20. The molecule has 0 radical (unpaired) electrons. The number of aliphatic hydroxyl groups excluding tert-OH is 1. The number of benzene rings is 2. The molecule has 2 aliphatic rings. The zero-order valence-corrected chi connectivity index (χ0v) is 22.0. The van der Waals surface area contributed by atoms with Gasteiger partial charge in [-0.05, 0) is 48.9 Å². The highest BCUT2D eigenvalue weighted by atomic mass is 35.5. The second kappa shape index (κ2) is 12.3. The normalized spacial score (nSPS) is 19.6. The van der Waals surface area contributed by atoms with Crippen LogP contribution in [0.3, 0.4) is 0 Å². The van der Waals surface area contributed by atoms with Gasteiger partial charge in [0.2, 0.25) is 10.0 Å². The first kappa shape index (κ1) is 28.3. The predicted octanol–water partition coefficient (Wildman–Crippen LogP) is 2.30. The molecule has 4 rings (SSSR count). The van der Waals surface area contributed by atoms with Gasteiger partial charge in [-0.2, -0.15) is 0 Å². The van der Waals surface area contributed by atoms with Crippen LogP contribution in [-0.4, -0.2) is 67.1 Å². The van der Waals surface area contributed by atoms with Gasteiger partial charge in [-0.3, -0.25) is 9.59 Å². The van der Waals surface area contributed by atoms with Crippen LogP contribution in [-0.2, 0) is 23.0 Å². The van der Waals surface area contributed by atoms with E-state index in [0.717, 1.165) is 6.42 Å². The van der Waals surface area contributed by atoms with Crippen LogP contribution in [0.4, 0.5) is 0 Å². The first-order valence-corrected chi connectivity index (χ1v) is 13.9. The molecule has 2 heterocycles. The van der Waals surface area contributed by atoms with Crippen molar-refractivity contribution in [3.63, 3.8) is 0 Å². The van der Waals surface area contributed by atoms with Crippen LogP contribution in [0.25, 0.3) is 0 Å². The van der Waals surface area contributed by atoms with Crippen molar-refractivity contribution in [2.45, 2.75) is 56.8 Å². The van der Waals surface area contributed by atoms with Crippen molar-refractivity contribution in [3.8, 4) is 0 Å². The van der Waals surface area contributed by atoms with Gasteiger partial charge in [-0.15, -0.1) is 12.4 Å². The Hall–Kier alpha value is -2.30. The van der Waals surface area contributed by atoms with Crippen molar-refractivity contribution in [2.24, 2.45) is 0 Å². The average molecular weight is 536 g/mol. The molecule has 36 heavy (non-hydrogen) atoms. The molecule has 0 aliphatic carbocycles. The molecule has 3 N–H and O–H groups in total. The van der Waals surface area contributed by atoms with Crippen LogP contribution >= 0.6 is 12.4 Å². The Morgan fingerprint density at radius 1 is 1.06 bits per heavy atom. The maximum atomic E-state index is 12.7. The third kappa shape index (κ3) is 7.14. The SMILES string of the molecule is CS(=O)(=O)N1CCC(NC(=O)c2ccc(C(=O)CC[C@@H](O)[C@@H]3Cc4ccccc4CN3)cc2)CC1.Cl. The number of sulfonamides is 1. The van der Waals surface area contributed by atoms with E-state index < -0.39 is 16.1 Å². The van der Waals surface area contributed by atoms with Gasteiger partial charge < -0.3 is 15.7 Å². The lowest BCUT2D eigenvalue weighted by molar-refractivity contribution is 0.0876. The lowest BCUT2D eigenvalue weighted by atomic mass is 9.90. The van der Waals surface area contributed by atoms with Crippen molar-refractivity contribution in [1.29, 1.82) is 0 Å². The second-order valence-corrected chi connectivity index (χ2v) is 11.5. The van der Waals surface area contributed by atoms with E-state index in [4.69, 9.17) is 0 Å². The quantitative estimate of drug-likeness (QED) is 0.447. The van der Waals surface area contributed by atoms with Crippen LogP contribution < -0.4 is 10.6 Å². The van der Waals surface area contributed by atoms with Gasteiger partial charge in [-0.1, -0.05) is 36.4 Å². The Balaban J connectivity index is 0.00000361. The number of carbonyl (C=O) groups is 2. The van der Waals surface area contributed by atoms with Crippen LogP contribution in [0.15, 0.2) is 48.5 Å². The molecule has 0 aromatic heterocycles. The standard InChI is InChI=1S/C26H33N3O5S.ClH/c1-35(33,34)29-14-12-22(13-15-29)28-26(32)19-8-6-18(7-9-19)24(30)10-11-25(31)23-16-20-4-2-3-5-21(20)17-27-23;/h2-9,22-23,25,27,31H,10-17H2,1H3,(H,28,32);1H/t23-,25+;/m0./s1. The molecule has 0 spiro atoms. The van der Waals surface area contributed by atoms with Gasteiger partial charge in [0.05, 0.1) is 12.4 Å². The van der Waals surface area contributed by atoms with E-state index in [0.29, 0.717) is 50.0 Å². The fourth-order valence-electron chi connectivity index (χ4n) is 4.78. The molecule has 1 amide bonds. The first-order chi connectivity index (χ1) is 16.7. The second-order valence-electron chi connectivity index (χ2n) is 9.48. The number of Topliss-reactive ketones (excluding diaryl/α,β-unsaturated/α-hetero) is 1. The molecule has 0 bridgehead atoms. The number of piperidine rings is 1. The van der Waals surface area contributed by atoms with Gasteiger partial charge in [0.25, 0.3) is 5.91 Å². The van der Waals surface area contributed by atoms with Crippen molar-refractivity contribution < 1.29 is 23.1 Å². The number of nitrogens with zero attached hydrogens (tertiary/aromatic N) is 1. The summed E-state index contributed by atoms with van der Waals surface area (Å²) in [6, 6.07) is 14.6. The van der Waals surface area contributed by atoms with E-state index >= 15 is 0 Å². The molecule has 2 aliphatic heterocycles. The number of rotatable bonds is 8. The van der Waals surface area contributed by atoms with Gasteiger partial charge >= 0.3 is 0 Å². The van der Waals surface area contributed by atoms with Crippen LogP contribution in [0.2, 0.25) is 0 Å². The third-order valence-corrected chi connectivity index (χ3v) is 8.27. The van der Waals surface area contributed by atoms with Crippen molar-refractivity contribution >= 4 is 34.1 Å². The maximum absolute atomic E-state index is 12.7. The van der Waals surface area contributed by atoms with Gasteiger partial charge in [0.15, 0.2) is 5.78 Å². The number of aliphatic hydroxyl groups is 1. The summed E-state index contributed by atoms with van der Waals surface area (Å²) < 4.78 is 24.7. The number of hydrogen-bond acceptors (Lipinski definition) is 6. The minimum absolute atomic E-state index is 0. The molecule has 1 saturated heterocycles. The highest BCUT2D eigenvalue weighted by molar-refractivity contribution is 7.88. The van der Waals surface area contributed by atoms with Crippen molar-refractivity contribution in [3.05, 3.63) is 70.8 Å². The lowest BCUT2D eigenvalue weighted by Crippen LogP contribution is -2.46. The number of hydrogen-bond donors (Lipinski definition) is 3. The molecule has 0 unspecified atom stereocenters. The molecule has 2 atom stereocenters. The highest BCUT2D eigenvalue weighted by Gasteiger charge is 2.27. The van der Waals surface area contributed by atoms with E-state index in [1.165, 1.54) is 21.7 Å². The fourth-order valence-corrected chi connectivity index (χ4v) is 5.66. The zero-order valence-electron chi connectivity index (χ0n) is 20.4. The number of fused-ring (bicyclic) bond motifs is 1. The molecule has 1 fully saturated rings. The van der Waals surface area contributed by atoms with Crippen LogP contribution in [0.5, 0.6) is 0 Å². The topological polar surface area (TPSA) is 116 Å². The Kier molecular flexibility index (Phi) is 9.66. The van der Waals surface area contributed by atoms with E-state index in [1.807, 2.05) is 12.1 Å². The maximum Gasteiger partial charge on any atom is 0.251 e. The molecule has 8 nitrogen and oxygen atoms in total. The third-order valence-electron chi connectivity index (χ3n) is 6.97. The summed E-state index contributed by atoms with van der Waals surface area (Å²) >= 11 is 0. The van der Waals surface area contributed by atoms with E-state index in [1.54, 1.807) is 24.3 Å². The minimum atomic E-state index is -3.20. The molecule has 196 valence electrons. The summed E-state index contributed by atoms with van der Waals surface area (Å²) in [6.45, 7) is 1.50. The van der Waals surface area contributed by atoms with Gasteiger partial charge in [-0.25, -0.2) is 12.7 Å². The summed E-state index contributed by atoms with van der Waals surface area (Å²) in [5.41, 5.74) is 3.45. The largest absolute Gasteiger partial charge is 0.391 e. The number of halogens is 1. The molecule has 2 aromatic carbocycles. The Bertz CT molecular complexity index is 1160. The lowest BCUT2D eigenvalue weighted by Gasteiger charge is -2.30. The summed E-state index contributed by atoms with van der Waals surface area (Å²) in [5.74, 6) is -0.304. The summed E-state index contributed by atoms with van der Waals surface area (Å²) in [4.78, 5) is 25.2. The number of ketones is 1. The first-order valence-electron chi connectivity index (χ1n) is 12.1. The van der Waals surface area contributed by atoms with Crippen molar-refractivity contribution in [1.82, 2.24) is 14.9 Å². The van der Waals surface area contributed by atoms with Crippen LogP contribution in [0.1, 0.15) is 57.5 Å². The van der Waals surface area contributed by atoms with E-state index in [9.17, 15) is 23.1 Å². The molecule has 10 heteroatoms. The molecule has 0 saturated carbocycles. The predicted molar refractivity (Wildman–Crippen MR) is 141 cm³/mol. The number of carbonyl (C=O) groups excluding carboxylic acids is 2. The highest BCUT2D eigenvalue weighted by Crippen LogP contribution is 2.20. The molecular formula is C26H34ClN3O5S. The van der Waals surface area contributed by atoms with Gasteiger partial charge in [0, 0.05) is 49.3 Å². The fraction of sp³-hybridized carbons (Fsp3) is 0.462. The number of nitrogens with one attached hydrogen (secondary N) is 2. The zero-order chi connectivity index (χ0) is 25.0. The van der Waals surface area contributed by atoms with Gasteiger partial charge in [0.1, 0.15) is 0 Å². The Labute approximate surface area is 218 Å². The summed E-state index contributed by atoms with van der Waals surface area (Å²) in [5, 5.41) is 16.9. The smallest absolute Gasteiger partial charge is 0.251 e. The van der Waals surface area contributed by atoms with E-state index in [-0.39, 0.29) is 42.6 Å². The van der Waals surface area contributed by atoms with Crippen LogP contribution in [0, 0.1) is 0 Å². The van der Waals surface area contributed by atoms with E-state index in [2.05, 4.69) is 22.8 Å². The Morgan fingerprint density at radius 3 is 2.31 bits per heavy atom. The Morgan fingerprint density at radius 2 is 1.67 bits per heavy atom. The average Bonchev–Trinajstić information content (AvgIpc) is 2.86. The number of amides is 1. The molecule has 2 aromatic rings. The van der Waals surface area contributed by atoms with Crippen molar-refractivity contribution in [2.75, 3.05) is 19.3 Å².